The number of rotatable bonds is 6. The van der Waals surface area contributed by atoms with Crippen molar-refractivity contribution >= 4 is 5.97 Å². The molecule has 0 aliphatic carbocycles. The summed E-state index contributed by atoms with van der Waals surface area (Å²) in [4.78, 5) is 13.6. The van der Waals surface area contributed by atoms with Gasteiger partial charge in [-0.3, -0.25) is 9.69 Å². The van der Waals surface area contributed by atoms with Gasteiger partial charge in [-0.1, -0.05) is 30.3 Å². The molecule has 20 heavy (non-hydrogen) atoms. The fraction of sp³-hybridized carbons (Fsp3) is 0.562. The maximum absolute atomic E-state index is 11.4. The van der Waals surface area contributed by atoms with Crippen molar-refractivity contribution in [2.45, 2.75) is 38.3 Å². The molecule has 0 radical (unpaired) electrons. The lowest BCUT2D eigenvalue weighted by Gasteiger charge is -2.23. The lowest BCUT2D eigenvalue weighted by molar-refractivity contribution is -0.144. The number of hydrogen-bond donors (Lipinski definition) is 1. The molecule has 0 amide bonds. The Morgan fingerprint density at radius 3 is 2.85 bits per heavy atom. The predicted molar refractivity (Wildman–Crippen MR) is 77.2 cm³/mol. The summed E-state index contributed by atoms with van der Waals surface area (Å²) >= 11 is 0. The van der Waals surface area contributed by atoms with Gasteiger partial charge in [-0.2, -0.15) is 0 Å². The van der Waals surface area contributed by atoms with Gasteiger partial charge in [0, 0.05) is 26.1 Å². The number of carbonyl (C=O) groups excluding carboxylic acids is 1. The van der Waals surface area contributed by atoms with Gasteiger partial charge in [0.1, 0.15) is 0 Å². The van der Waals surface area contributed by atoms with E-state index in [1.807, 2.05) is 18.2 Å². The van der Waals surface area contributed by atoms with Gasteiger partial charge in [0.2, 0.25) is 0 Å². The summed E-state index contributed by atoms with van der Waals surface area (Å²) < 4.78 is 4.91. The maximum Gasteiger partial charge on any atom is 0.305 e. The molecule has 1 fully saturated rings. The molecule has 4 nitrogen and oxygen atoms in total. The van der Waals surface area contributed by atoms with Crippen molar-refractivity contribution < 1.29 is 14.6 Å². The lowest BCUT2D eigenvalue weighted by Crippen LogP contribution is -2.33. The zero-order valence-electron chi connectivity index (χ0n) is 12.0. The van der Waals surface area contributed by atoms with Crippen LogP contribution in [0.25, 0.3) is 0 Å². The van der Waals surface area contributed by atoms with E-state index in [1.54, 1.807) is 6.92 Å². The topological polar surface area (TPSA) is 49.8 Å². The van der Waals surface area contributed by atoms with Crippen LogP contribution in [0.1, 0.15) is 31.7 Å². The minimum absolute atomic E-state index is 0.220. The second kappa shape index (κ2) is 6.86. The number of carbonyl (C=O) groups is 1. The molecule has 1 aromatic carbocycles. The standard InChI is InChI=1S/C16H23NO3/c1-2-20-15(18)8-9-16(19)10-11-17(13-16)12-14-6-4-3-5-7-14/h3-7,19H,2,8-13H2,1H3. The molecule has 4 heteroatoms. The Kier molecular flexibility index (Phi) is 5.15. The first-order valence-corrected chi connectivity index (χ1v) is 7.25. The molecule has 1 aliphatic heterocycles. The first-order chi connectivity index (χ1) is 9.61. The molecule has 0 saturated carbocycles. The predicted octanol–water partition coefficient (Wildman–Crippen LogP) is 1.97. The number of ether oxygens (including phenoxy) is 1. The average Bonchev–Trinajstić information content (AvgIpc) is 2.80. The Morgan fingerprint density at radius 1 is 1.40 bits per heavy atom. The van der Waals surface area contributed by atoms with E-state index >= 15 is 0 Å². The van der Waals surface area contributed by atoms with Crippen LogP contribution in [0.3, 0.4) is 0 Å². The smallest absolute Gasteiger partial charge is 0.305 e. The van der Waals surface area contributed by atoms with Crippen LogP contribution in [0.4, 0.5) is 0 Å². The van der Waals surface area contributed by atoms with E-state index < -0.39 is 5.60 Å². The third kappa shape index (κ3) is 4.32. The van der Waals surface area contributed by atoms with Crippen LogP contribution < -0.4 is 0 Å². The second-order valence-electron chi connectivity index (χ2n) is 5.48. The summed E-state index contributed by atoms with van der Waals surface area (Å²) in [5.74, 6) is -0.220. The van der Waals surface area contributed by atoms with Gasteiger partial charge in [-0.05, 0) is 25.3 Å². The second-order valence-corrected chi connectivity index (χ2v) is 5.48. The third-order valence-corrected chi connectivity index (χ3v) is 3.76. The van der Waals surface area contributed by atoms with Crippen molar-refractivity contribution in [3.8, 4) is 0 Å². The van der Waals surface area contributed by atoms with Crippen LogP contribution in [-0.4, -0.2) is 41.3 Å². The molecule has 1 saturated heterocycles. The molecular formula is C16H23NO3. The van der Waals surface area contributed by atoms with Crippen LogP contribution in [0, 0.1) is 0 Å². The zero-order valence-corrected chi connectivity index (χ0v) is 12.0. The highest BCUT2D eigenvalue weighted by Crippen LogP contribution is 2.27. The van der Waals surface area contributed by atoms with E-state index in [9.17, 15) is 9.90 Å². The number of hydrogen-bond acceptors (Lipinski definition) is 4. The molecule has 1 unspecified atom stereocenters. The van der Waals surface area contributed by atoms with Gasteiger partial charge in [-0.25, -0.2) is 0 Å². The van der Waals surface area contributed by atoms with Crippen LogP contribution in [0.15, 0.2) is 30.3 Å². The molecule has 1 aliphatic rings. The summed E-state index contributed by atoms with van der Waals surface area (Å²) in [6.45, 7) is 4.54. The van der Waals surface area contributed by atoms with Gasteiger partial charge in [-0.15, -0.1) is 0 Å². The molecule has 0 bridgehead atoms. The Labute approximate surface area is 120 Å². The number of nitrogens with zero attached hydrogens (tertiary/aromatic N) is 1. The van der Waals surface area contributed by atoms with E-state index in [2.05, 4.69) is 17.0 Å². The van der Waals surface area contributed by atoms with Crippen molar-refractivity contribution in [1.29, 1.82) is 0 Å². The summed E-state index contributed by atoms with van der Waals surface area (Å²) in [5.41, 5.74) is 0.504. The van der Waals surface area contributed by atoms with E-state index in [1.165, 1.54) is 5.56 Å². The van der Waals surface area contributed by atoms with Crippen LogP contribution in [-0.2, 0) is 16.1 Å². The van der Waals surface area contributed by atoms with Crippen molar-refractivity contribution in [2.75, 3.05) is 19.7 Å². The minimum Gasteiger partial charge on any atom is -0.466 e. The van der Waals surface area contributed by atoms with E-state index in [0.29, 0.717) is 26.0 Å². The van der Waals surface area contributed by atoms with Gasteiger partial charge in [0.05, 0.1) is 12.2 Å². The fourth-order valence-electron chi connectivity index (χ4n) is 2.69. The van der Waals surface area contributed by atoms with Gasteiger partial charge >= 0.3 is 5.97 Å². The Morgan fingerprint density at radius 2 is 2.15 bits per heavy atom. The molecule has 0 aromatic heterocycles. The molecule has 2 rings (SSSR count). The minimum atomic E-state index is -0.748. The number of esters is 1. The summed E-state index contributed by atoms with van der Waals surface area (Å²) in [6, 6.07) is 10.2. The summed E-state index contributed by atoms with van der Waals surface area (Å²) in [6.07, 6.45) is 1.50. The Bertz CT molecular complexity index is 435. The van der Waals surface area contributed by atoms with Crippen molar-refractivity contribution in [1.82, 2.24) is 4.90 Å². The number of β-amino-alcohol motifs (C(OH)–C–C–N with tert-alkyl or cyclic N) is 1. The molecule has 0 spiro atoms. The number of likely N-dealkylation sites (tertiary alicyclic amines) is 1. The molecular weight excluding hydrogens is 254 g/mol. The molecule has 1 N–H and O–H groups in total. The van der Waals surface area contributed by atoms with Crippen LogP contribution >= 0.6 is 0 Å². The fourth-order valence-corrected chi connectivity index (χ4v) is 2.69. The molecule has 1 aromatic rings. The van der Waals surface area contributed by atoms with Crippen molar-refractivity contribution in [2.24, 2.45) is 0 Å². The molecule has 110 valence electrons. The van der Waals surface area contributed by atoms with Crippen LogP contribution in [0.2, 0.25) is 0 Å². The lowest BCUT2D eigenvalue weighted by atomic mass is 9.97. The highest BCUT2D eigenvalue weighted by Gasteiger charge is 2.36. The maximum atomic E-state index is 11.4. The average molecular weight is 277 g/mol. The van der Waals surface area contributed by atoms with E-state index in [4.69, 9.17) is 4.74 Å². The molecule has 1 atom stereocenters. The van der Waals surface area contributed by atoms with E-state index in [-0.39, 0.29) is 5.97 Å². The Hall–Kier alpha value is -1.39. The largest absolute Gasteiger partial charge is 0.466 e. The monoisotopic (exact) mass is 277 g/mol. The van der Waals surface area contributed by atoms with Crippen molar-refractivity contribution in [3.05, 3.63) is 35.9 Å². The van der Waals surface area contributed by atoms with E-state index in [0.717, 1.165) is 19.5 Å². The molecule has 1 heterocycles. The van der Waals surface area contributed by atoms with Crippen LogP contribution in [0.5, 0.6) is 0 Å². The van der Waals surface area contributed by atoms with Gasteiger partial charge in [0.15, 0.2) is 0 Å². The Balaban J connectivity index is 1.80. The highest BCUT2D eigenvalue weighted by atomic mass is 16.5. The SMILES string of the molecule is CCOC(=O)CCC1(O)CCN(Cc2ccccc2)C1. The van der Waals surface area contributed by atoms with Crippen molar-refractivity contribution in [3.63, 3.8) is 0 Å². The number of benzene rings is 1. The highest BCUT2D eigenvalue weighted by molar-refractivity contribution is 5.69. The third-order valence-electron chi connectivity index (χ3n) is 3.76. The number of aliphatic hydroxyl groups is 1. The van der Waals surface area contributed by atoms with Gasteiger partial charge in [0.25, 0.3) is 0 Å². The zero-order chi connectivity index (χ0) is 14.4. The summed E-state index contributed by atoms with van der Waals surface area (Å²) in [5, 5.41) is 10.5. The summed E-state index contributed by atoms with van der Waals surface area (Å²) in [7, 11) is 0. The first kappa shape index (κ1) is 15.0. The normalized spacial score (nSPS) is 22.9. The van der Waals surface area contributed by atoms with Gasteiger partial charge < -0.3 is 9.84 Å². The first-order valence-electron chi connectivity index (χ1n) is 7.25. The quantitative estimate of drug-likeness (QED) is 0.808.